The van der Waals surface area contributed by atoms with Crippen molar-refractivity contribution in [1.29, 1.82) is 0 Å². The minimum atomic E-state index is 0.00404. The van der Waals surface area contributed by atoms with Crippen molar-refractivity contribution in [3.05, 3.63) is 34.9 Å². The predicted octanol–water partition coefficient (Wildman–Crippen LogP) is 3.74. The number of carbonyl (C=O) groups is 1. The van der Waals surface area contributed by atoms with Crippen LogP contribution in [-0.2, 0) is 11.2 Å². The molecule has 1 atom stereocenters. The van der Waals surface area contributed by atoms with E-state index >= 15 is 0 Å². The Bertz CT molecular complexity index is 339. The van der Waals surface area contributed by atoms with Gasteiger partial charge in [-0.2, -0.15) is 0 Å². The fourth-order valence-electron chi connectivity index (χ4n) is 1.48. The molecule has 0 aromatic heterocycles. The highest BCUT2D eigenvalue weighted by Gasteiger charge is 2.24. The summed E-state index contributed by atoms with van der Waals surface area (Å²) < 4.78 is 0. The van der Waals surface area contributed by atoms with E-state index in [1.54, 1.807) is 0 Å². The van der Waals surface area contributed by atoms with Crippen LogP contribution >= 0.6 is 11.6 Å². The molecule has 82 valence electrons. The zero-order valence-corrected chi connectivity index (χ0v) is 10.2. The monoisotopic (exact) mass is 224 g/mol. The smallest absolute Gasteiger partial charge is 0.123 e. The van der Waals surface area contributed by atoms with Crippen molar-refractivity contribution in [2.45, 2.75) is 27.2 Å². The second-order valence-electron chi connectivity index (χ2n) is 4.94. The third kappa shape index (κ3) is 3.67. The summed E-state index contributed by atoms with van der Waals surface area (Å²) >= 11 is 5.90. The molecule has 1 unspecified atom stereocenters. The van der Waals surface area contributed by atoms with Crippen molar-refractivity contribution in [1.82, 2.24) is 0 Å². The van der Waals surface area contributed by atoms with E-state index in [-0.39, 0.29) is 11.3 Å². The van der Waals surface area contributed by atoms with Crippen LogP contribution < -0.4 is 0 Å². The van der Waals surface area contributed by atoms with E-state index in [0.717, 1.165) is 23.3 Å². The van der Waals surface area contributed by atoms with Crippen molar-refractivity contribution >= 4 is 17.9 Å². The van der Waals surface area contributed by atoms with Crippen LogP contribution in [0.2, 0.25) is 5.02 Å². The molecule has 2 heteroatoms. The van der Waals surface area contributed by atoms with Crippen LogP contribution in [0.4, 0.5) is 0 Å². The molecule has 15 heavy (non-hydrogen) atoms. The SMILES string of the molecule is CC(C)(C)C(C=O)Cc1cccc(Cl)c1. The summed E-state index contributed by atoms with van der Waals surface area (Å²) in [6, 6.07) is 7.69. The first-order chi connectivity index (χ1) is 6.93. The van der Waals surface area contributed by atoms with Gasteiger partial charge >= 0.3 is 0 Å². The topological polar surface area (TPSA) is 17.1 Å². The van der Waals surface area contributed by atoms with Crippen LogP contribution in [-0.4, -0.2) is 6.29 Å². The van der Waals surface area contributed by atoms with E-state index in [0.29, 0.717) is 0 Å². The number of hydrogen-bond donors (Lipinski definition) is 0. The Kier molecular flexibility index (Phi) is 3.92. The number of halogens is 1. The summed E-state index contributed by atoms with van der Waals surface area (Å²) in [6.45, 7) is 6.24. The van der Waals surface area contributed by atoms with Gasteiger partial charge in [0, 0.05) is 10.9 Å². The van der Waals surface area contributed by atoms with Gasteiger partial charge in [0.2, 0.25) is 0 Å². The largest absolute Gasteiger partial charge is 0.303 e. The van der Waals surface area contributed by atoms with E-state index in [2.05, 4.69) is 20.8 Å². The normalized spacial score (nSPS) is 13.6. The maximum atomic E-state index is 11.0. The van der Waals surface area contributed by atoms with Gasteiger partial charge in [0.25, 0.3) is 0 Å². The standard InChI is InChI=1S/C13H17ClO/c1-13(2,3)11(9-15)7-10-5-4-6-12(14)8-10/h4-6,8-9,11H,7H2,1-3H3. The van der Waals surface area contributed by atoms with Gasteiger partial charge in [-0.15, -0.1) is 0 Å². The van der Waals surface area contributed by atoms with E-state index < -0.39 is 0 Å². The fourth-order valence-corrected chi connectivity index (χ4v) is 1.69. The maximum Gasteiger partial charge on any atom is 0.123 e. The first-order valence-corrected chi connectivity index (χ1v) is 5.51. The molecule has 1 nitrogen and oxygen atoms in total. The van der Waals surface area contributed by atoms with Gasteiger partial charge in [-0.25, -0.2) is 0 Å². The van der Waals surface area contributed by atoms with E-state index in [9.17, 15) is 4.79 Å². The van der Waals surface area contributed by atoms with Gasteiger partial charge in [0.15, 0.2) is 0 Å². The summed E-state index contributed by atoms with van der Waals surface area (Å²) in [6.07, 6.45) is 1.80. The van der Waals surface area contributed by atoms with E-state index in [4.69, 9.17) is 11.6 Å². The van der Waals surface area contributed by atoms with E-state index in [1.165, 1.54) is 0 Å². The molecule has 0 aliphatic rings. The molecule has 1 rings (SSSR count). The lowest BCUT2D eigenvalue weighted by Gasteiger charge is -2.25. The number of rotatable bonds is 3. The summed E-state index contributed by atoms with van der Waals surface area (Å²) in [7, 11) is 0. The molecule has 0 aliphatic carbocycles. The minimum absolute atomic E-state index is 0.00404. The highest BCUT2D eigenvalue weighted by atomic mass is 35.5. The van der Waals surface area contributed by atoms with Crippen LogP contribution in [0.3, 0.4) is 0 Å². The number of hydrogen-bond acceptors (Lipinski definition) is 1. The molecule has 0 saturated carbocycles. The Morgan fingerprint density at radius 1 is 1.40 bits per heavy atom. The van der Waals surface area contributed by atoms with Crippen molar-refractivity contribution in [2.75, 3.05) is 0 Å². The average Bonchev–Trinajstić information content (AvgIpc) is 2.12. The number of carbonyl (C=O) groups excluding carboxylic acids is 1. The van der Waals surface area contributed by atoms with Gasteiger partial charge in [-0.3, -0.25) is 0 Å². The van der Waals surface area contributed by atoms with Gasteiger partial charge in [-0.05, 0) is 29.5 Å². The molecule has 0 bridgehead atoms. The Morgan fingerprint density at radius 3 is 2.53 bits per heavy atom. The summed E-state index contributed by atoms with van der Waals surface area (Å²) in [5, 5.41) is 0.728. The maximum absolute atomic E-state index is 11.0. The molecule has 1 aromatic carbocycles. The first kappa shape index (κ1) is 12.3. The van der Waals surface area contributed by atoms with Crippen LogP contribution in [0.5, 0.6) is 0 Å². The van der Waals surface area contributed by atoms with Crippen LogP contribution in [0.25, 0.3) is 0 Å². The molecular weight excluding hydrogens is 208 g/mol. The Balaban J connectivity index is 2.80. The lowest BCUT2D eigenvalue weighted by molar-refractivity contribution is -0.113. The molecule has 0 aliphatic heterocycles. The van der Waals surface area contributed by atoms with Crippen molar-refractivity contribution < 1.29 is 4.79 Å². The lowest BCUT2D eigenvalue weighted by Crippen LogP contribution is -2.23. The number of aldehydes is 1. The van der Waals surface area contributed by atoms with E-state index in [1.807, 2.05) is 24.3 Å². The molecule has 0 fully saturated rings. The van der Waals surface area contributed by atoms with Gasteiger partial charge < -0.3 is 4.79 Å². The lowest BCUT2D eigenvalue weighted by atomic mass is 9.78. The second-order valence-corrected chi connectivity index (χ2v) is 5.38. The zero-order chi connectivity index (χ0) is 11.5. The van der Waals surface area contributed by atoms with Crippen molar-refractivity contribution in [3.63, 3.8) is 0 Å². The molecule has 0 amide bonds. The van der Waals surface area contributed by atoms with Crippen LogP contribution in [0.1, 0.15) is 26.3 Å². The summed E-state index contributed by atoms with van der Waals surface area (Å²) in [4.78, 5) is 11.0. The Morgan fingerprint density at radius 2 is 2.07 bits per heavy atom. The van der Waals surface area contributed by atoms with Crippen LogP contribution in [0, 0.1) is 11.3 Å². The Labute approximate surface area is 96.5 Å². The first-order valence-electron chi connectivity index (χ1n) is 5.13. The predicted molar refractivity (Wildman–Crippen MR) is 64.2 cm³/mol. The molecule has 1 aromatic rings. The molecule has 0 N–H and O–H groups in total. The second kappa shape index (κ2) is 4.80. The summed E-state index contributed by atoms with van der Waals surface area (Å²) in [5.74, 6) is 0.0379. The molecule has 0 spiro atoms. The molecule has 0 heterocycles. The number of benzene rings is 1. The highest BCUT2D eigenvalue weighted by Crippen LogP contribution is 2.27. The van der Waals surface area contributed by atoms with Gasteiger partial charge in [0.1, 0.15) is 6.29 Å². The van der Waals surface area contributed by atoms with Crippen molar-refractivity contribution in [2.24, 2.45) is 11.3 Å². The third-order valence-corrected chi connectivity index (χ3v) is 2.86. The van der Waals surface area contributed by atoms with Gasteiger partial charge in [-0.1, -0.05) is 44.5 Å². The fraction of sp³-hybridized carbons (Fsp3) is 0.462. The molecular formula is C13H17ClO. The Hall–Kier alpha value is -0.820. The summed E-state index contributed by atoms with van der Waals surface area (Å²) in [5.41, 5.74) is 1.12. The van der Waals surface area contributed by atoms with Crippen molar-refractivity contribution in [3.8, 4) is 0 Å². The molecule has 0 radical (unpaired) electrons. The van der Waals surface area contributed by atoms with Crippen LogP contribution in [0.15, 0.2) is 24.3 Å². The average molecular weight is 225 g/mol. The quantitative estimate of drug-likeness (QED) is 0.715. The highest BCUT2D eigenvalue weighted by molar-refractivity contribution is 6.30. The minimum Gasteiger partial charge on any atom is -0.303 e. The zero-order valence-electron chi connectivity index (χ0n) is 9.46. The molecule has 0 saturated heterocycles. The third-order valence-electron chi connectivity index (χ3n) is 2.62. The van der Waals surface area contributed by atoms with Gasteiger partial charge in [0.05, 0.1) is 0 Å².